The van der Waals surface area contributed by atoms with E-state index in [0.717, 1.165) is 52.2 Å². The molecule has 2 saturated heterocycles. The average molecular weight is 342 g/mol. The van der Waals surface area contributed by atoms with Gasteiger partial charge in [-0.15, -0.1) is 0 Å². The second kappa shape index (κ2) is 8.32. The van der Waals surface area contributed by atoms with Crippen molar-refractivity contribution in [2.45, 2.75) is 38.5 Å². The molecule has 0 radical (unpaired) electrons. The van der Waals surface area contributed by atoms with Gasteiger partial charge in [-0.2, -0.15) is 5.26 Å². The number of nitrogens with one attached hydrogen (secondary N) is 1. The average Bonchev–Trinajstić information content (AvgIpc) is 3.18. The fourth-order valence-electron chi connectivity index (χ4n) is 3.43. The third kappa shape index (κ3) is 4.71. The summed E-state index contributed by atoms with van der Waals surface area (Å²) in [6.45, 7) is 6.88. The normalized spacial score (nSPS) is 22.4. The molecular weight excluding hydrogens is 316 g/mol. The van der Waals surface area contributed by atoms with E-state index in [1.165, 1.54) is 5.56 Å². The van der Waals surface area contributed by atoms with E-state index < -0.39 is 0 Å². The molecule has 2 unspecified atom stereocenters. The molecule has 2 atom stereocenters. The maximum atomic E-state index is 12.4. The van der Waals surface area contributed by atoms with Crippen LogP contribution >= 0.6 is 0 Å². The molecule has 0 spiro atoms. The van der Waals surface area contributed by atoms with Crippen molar-refractivity contribution in [2.24, 2.45) is 0 Å². The van der Waals surface area contributed by atoms with Gasteiger partial charge in [0.05, 0.1) is 23.8 Å². The zero-order chi connectivity index (χ0) is 17.6. The first kappa shape index (κ1) is 17.7. The number of hydrogen-bond donors (Lipinski definition) is 1. The zero-order valence-corrected chi connectivity index (χ0v) is 14.8. The third-order valence-corrected chi connectivity index (χ3v) is 5.02. The van der Waals surface area contributed by atoms with Crippen LogP contribution in [0.2, 0.25) is 0 Å². The van der Waals surface area contributed by atoms with Crippen LogP contribution in [0.4, 0.5) is 4.79 Å². The summed E-state index contributed by atoms with van der Waals surface area (Å²) < 4.78 is 5.64. The molecule has 1 aromatic rings. The molecular formula is C19H26N4O2. The van der Waals surface area contributed by atoms with Crippen molar-refractivity contribution in [1.82, 2.24) is 15.1 Å². The summed E-state index contributed by atoms with van der Waals surface area (Å²) in [6, 6.07) is 9.92. The number of nitriles is 1. The first-order valence-corrected chi connectivity index (χ1v) is 9.04. The highest BCUT2D eigenvalue weighted by Crippen LogP contribution is 2.16. The molecule has 6 heteroatoms. The number of urea groups is 1. The molecule has 134 valence electrons. The van der Waals surface area contributed by atoms with E-state index in [1.54, 1.807) is 0 Å². The van der Waals surface area contributed by atoms with E-state index in [-0.39, 0.29) is 18.2 Å². The van der Waals surface area contributed by atoms with Gasteiger partial charge in [0.1, 0.15) is 0 Å². The molecule has 2 amide bonds. The lowest BCUT2D eigenvalue weighted by atomic mass is 10.1. The summed E-state index contributed by atoms with van der Waals surface area (Å²) in [6.07, 6.45) is 2.26. The first-order chi connectivity index (χ1) is 12.2. The molecule has 0 aliphatic carbocycles. The standard InChI is InChI=1S/C19H26N4O2/c1-15(18-3-2-12-25-18)21-19(24)23-10-8-22(9-11-23)14-17-6-4-16(13-20)5-7-17/h4-7,15,18H,2-3,8-12,14H2,1H3,(H,21,24). The lowest BCUT2D eigenvalue weighted by Crippen LogP contribution is -2.54. The molecule has 2 aliphatic rings. The molecule has 2 heterocycles. The number of ether oxygens (including phenoxy) is 1. The maximum Gasteiger partial charge on any atom is 0.317 e. The van der Waals surface area contributed by atoms with Gasteiger partial charge in [0.15, 0.2) is 0 Å². The van der Waals surface area contributed by atoms with Gasteiger partial charge in [-0.25, -0.2) is 4.79 Å². The van der Waals surface area contributed by atoms with Crippen molar-refractivity contribution in [2.75, 3.05) is 32.8 Å². The number of benzene rings is 1. The van der Waals surface area contributed by atoms with Gasteiger partial charge in [0.2, 0.25) is 0 Å². The minimum Gasteiger partial charge on any atom is -0.376 e. The molecule has 25 heavy (non-hydrogen) atoms. The Morgan fingerprint density at radius 3 is 2.64 bits per heavy atom. The molecule has 1 N–H and O–H groups in total. The van der Waals surface area contributed by atoms with Gasteiger partial charge in [0.25, 0.3) is 0 Å². The van der Waals surface area contributed by atoms with Crippen LogP contribution in [0.1, 0.15) is 30.9 Å². The number of carbonyl (C=O) groups is 1. The van der Waals surface area contributed by atoms with E-state index in [1.807, 2.05) is 36.1 Å². The van der Waals surface area contributed by atoms with Gasteiger partial charge in [0, 0.05) is 39.3 Å². The largest absolute Gasteiger partial charge is 0.376 e. The van der Waals surface area contributed by atoms with Crippen LogP contribution in [0.25, 0.3) is 0 Å². The summed E-state index contributed by atoms with van der Waals surface area (Å²) in [4.78, 5) is 16.6. The highest BCUT2D eigenvalue weighted by atomic mass is 16.5. The topological polar surface area (TPSA) is 68.6 Å². The highest BCUT2D eigenvalue weighted by molar-refractivity contribution is 5.74. The Kier molecular flexibility index (Phi) is 5.90. The van der Waals surface area contributed by atoms with Crippen LogP contribution in [0.5, 0.6) is 0 Å². The molecule has 1 aromatic carbocycles. The Morgan fingerprint density at radius 2 is 2.04 bits per heavy atom. The molecule has 2 fully saturated rings. The maximum absolute atomic E-state index is 12.4. The van der Waals surface area contributed by atoms with Crippen molar-refractivity contribution in [1.29, 1.82) is 5.26 Å². The van der Waals surface area contributed by atoms with E-state index >= 15 is 0 Å². The Balaban J connectivity index is 1.43. The van der Waals surface area contributed by atoms with Gasteiger partial charge in [-0.1, -0.05) is 12.1 Å². The molecule has 0 bridgehead atoms. The second-order valence-corrected chi connectivity index (χ2v) is 6.86. The Bertz CT molecular complexity index is 611. The lowest BCUT2D eigenvalue weighted by Gasteiger charge is -2.35. The van der Waals surface area contributed by atoms with Crippen molar-refractivity contribution in [3.63, 3.8) is 0 Å². The van der Waals surface area contributed by atoms with Crippen molar-refractivity contribution < 1.29 is 9.53 Å². The number of amides is 2. The minimum atomic E-state index is 0.0148. The Hall–Kier alpha value is -2.10. The van der Waals surface area contributed by atoms with Crippen molar-refractivity contribution in [3.8, 4) is 6.07 Å². The van der Waals surface area contributed by atoms with Crippen molar-refractivity contribution in [3.05, 3.63) is 35.4 Å². The molecule has 3 rings (SSSR count). The minimum absolute atomic E-state index is 0.0148. The van der Waals surface area contributed by atoms with Crippen LogP contribution in [0.15, 0.2) is 24.3 Å². The number of nitrogens with zero attached hydrogens (tertiary/aromatic N) is 3. The predicted octanol–water partition coefficient (Wildman–Crippen LogP) is 1.95. The number of piperazine rings is 1. The first-order valence-electron chi connectivity index (χ1n) is 9.04. The molecule has 6 nitrogen and oxygen atoms in total. The van der Waals surface area contributed by atoms with Crippen LogP contribution in [-0.2, 0) is 11.3 Å². The fourth-order valence-corrected chi connectivity index (χ4v) is 3.43. The monoisotopic (exact) mass is 342 g/mol. The fraction of sp³-hybridized carbons (Fsp3) is 0.579. The van der Waals surface area contributed by atoms with Crippen LogP contribution in [0, 0.1) is 11.3 Å². The summed E-state index contributed by atoms with van der Waals surface area (Å²) in [5.41, 5.74) is 1.88. The van der Waals surface area contributed by atoms with Crippen LogP contribution in [0.3, 0.4) is 0 Å². The number of carbonyl (C=O) groups excluding carboxylic acids is 1. The molecule has 0 saturated carbocycles. The van der Waals surface area contributed by atoms with E-state index in [0.29, 0.717) is 5.56 Å². The van der Waals surface area contributed by atoms with E-state index in [4.69, 9.17) is 10.00 Å². The van der Waals surface area contributed by atoms with Gasteiger partial charge in [-0.05, 0) is 37.5 Å². The van der Waals surface area contributed by atoms with Crippen LogP contribution < -0.4 is 5.32 Å². The van der Waals surface area contributed by atoms with Crippen molar-refractivity contribution >= 4 is 6.03 Å². The summed E-state index contributed by atoms with van der Waals surface area (Å²) in [7, 11) is 0. The molecule has 2 aliphatic heterocycles. The van der Waals surface area contributed by atoms with Gasteiger partial charge >= 0.3 is 6.03 Å². The Labute approximate surface area is 149 Å². The Morgan fingerprint density at radius 1 is 1.32 bits per heavy atom. The van der Waals surface area contributed by atoms with Gasteiger partial charge < -0.3 is 15.0 Å². The summed E-state index contributed by atoms with van der Waals surface area (Å²) >= 11 is 0. The summed E-state index contributed by atoms with van der Waals surface area (Å²) in [5, 5.41) is 11.9. The number of rotatable bonds is 4. The quantitative estimate of drug-likeness (QED) is 0.908. The third-order valence-electron chi connectivity index (χ3n) is 5.02. The SMILES string of the molecule is CC(NC(=O)N1CCN(Cc2ccc(C#N)cc2)CC1)C1CCCO1. The molecule has 0 aromatic heterocycles. The van der Waals surface area contributed by atoms with E-state index in [2.05, 4.69) is 16.3 Å². The van der Waals surface area contributed by atoms with E-state index in [9.17, 15) is 4.79 Å². The number of hydrogen-bond acceptors (Lipinski definition) is 4. The van der Waals surface area contributed by atoms with Gasteiger partial charge in [-0.3, -0.25) is 4.90 Å². The zero-order valence-electron chi connectivity index (χ0n) is 14.8. The predicted molar refractivity (Wildman–Crippen MR) is 95.0 cm³/mol. The lowest BCUT2D eigenvalue weighted by molar-refractivity contribution is 0.0800. The van der Waals surface area contributed by atoms with Crippen LogP contribution in [-0.4, -0.2) is 60.8 Å². The smallest absolute Gasteiger partial charge is 0.317 e. The second-order valence-electron chi connectivity index (χ2n) is 6.86. The summed E-state index contributed by atoms with van der Waals surface area (Å²) in [5.74, 6) is 0. The highest BCUT2D eigenvalue weighted by Gasteiger charge is 2.27.